The summed E-state index contributed by atoms with van der Waals surface area (Å²) in [5, 5.41) is 0. The molecule has 20 heavy (non-hydrogen) atoms. The second kappa shape index (κ2) is 6.73. The predicted molar refractivity (Wildman–Crippen MR) is 76.2 cm³/mol. The number of carbonyl (C=O) groups excluding carboxylic acids is 1. The van der Waals surface area contributed by atoms with Crippen molar-refractivity contribution in [1.82, 2.24) is 0 Å². The highest BCUT2D eigenvalue weighted by molar-refractivity contribution is 5.77. The van der Waals surface area contributed by atoms with E-state index in [0.29, 0.717) is 12.2 Å². The van der Waals surface area contributed by atoms with Crippen LogP contribution in [0.25, 0.3) is 0 Å². The van der Waals surface area contributed by atoms with Crippen molar-refractivity contribution < 1.29 is 14.3 Å². The summed E-state index contributed by atoms with van der Waals surface area (Å²) in [6.45, 7) is 0.503. The van der Waals surface area contributed by atoms with E-state index in [2.05, 4.69) is 4.74 Å². The molecule has 0 bridgehead atoms. The third kappa shape index (κ3) is 3.59. The van der Waals surface area contributed by atoms with Crippen molar-refractivity contribution in [2.75, 3.05) is 7.11 Å². The Balaban J connectivity index is 1.96. The zero-order valence-corrected chi connectivity index (χ0v) is 11.3. The molecule has 2 N–H and O–H groups in total. The number of hydrogen-bond donors (Lipinski definition) is 1. The maximum Gasteiger partial charge on any atom is 0.327 e. The number of esters is 1. The van der Waals surface area contributed by atoms with E-state index in [1.807, 2.05) is 30.3 Å². The molecule has 0 spiro atoms. The summed E-state index contributed by atoms with van der Waals surface area (Å²) < 4.78 is 10.3. The molecule has 4 nitrogen and oxygen atoms in total. The zero-order valence-electron chi connectivity index (χ0n) is 11.3. The Bertz CT molecular complexity index is 552. The van der Waals surface area contributed by atoms with Gasteiger partial charge in [0.1, 0.15) is 18.4 Å². The molecule has 0 unspecified atom stereocenters. The molecule has 1 atom stereocenters. The molecular formula is C16H17NO3. The molecule has 4 heteroatoms. The first kappa shape index (κ1) is 14.1. The number of methoxy groups -OCH3 is 1. The zero-order chi connectivity index (χ0) is 14.4. The Morgan fingerprint density at radius 3 is 2.35 bits per heavy atom. The molecule has 0 saturated heterocycles. The third-order valence-corrected chi connectivity index (χ3v) is 2.94. The van der Waals surface area contributed by atoms with Gasteiger partial charge in [-0.05, 0) is 23.3 Å². The van der Waals surface area contributed by atoms with Gasteiger partial charge in [0.05, 0.1) is 7.11 Å². The quantitative estimate of drug-likeness (QED) is 0.848. The molecule has 0 saturated carbocycles. The molecule has 0 aliphatic carbocycles. The van der Waals surface area contributed by atoms with E-state index in [4.69, 9.17) is 10.5 Å². The lowest BCUT2D eigenvalue weighted by Gasteiger charge is -2.11. The van der Waals surface area contributed by atoms with E-state index in [9.17, 15) is 4.79 Å². The van der Waals surface area contributed by atoms with Crippen LogP contribution in [0.5, 0.6) is 5.75 Å². The molecule has 0 amide bonds. The van der Waals surface area contributed by atoms with Gasteiger partial charge < -0.3 is 15.2 Å². The van der Waals surface area contributed by atoms with Gasteiger partial charge in [-0.15, -0.1) is 0 Å². The molecule has 0 fully saturated rings. The number of nitrogens with two attached hydrogens (primary N) is 1. The first-order valence-corrected chi connectivity index (χ1v) is 6.31. The number of carbonyl (C=O) groups is 1. The van der Waals surface area contributed by atoms with E-state index in [0.717, 1.165) is 11.3 Å². The average Bonchev–Trinajstić information content (AvgIpc) is 2.53. The number of ether oxygens (including phenoxy) is 2. The van der Waals surface area contributed by atoms with E-state index in [1.54, 1.807) is 24.3 Å². The standard InChI is InChI=1S/C16H17NO3/c1-19-16(18)15(17)13-7-9-14(10-8-13)20-11-12-5-3-2-4-6-12/h2-10,15H,11,17H2,1H3/t15-/m1/s1. The minimum atomic E-state index is -0.761. The van der Waals surface area contributed by atoms with Crippen molar-refractivity contribution in [2.45, 2.75) is 12.6 Å². The smallest absolute Gasteiger partial charge is 0.327 e. The summed E-state index contributed by atoms with van der Waals surface area (Å²) in [6, 6.07) is 16.3. The van der Waals surface area contributed by atoms with Crippen LogP contribution in [-0.2, 0) is 16.1 Å². The Morgan fingerprint density at radius 1 is 1.10 bits per heavy atom. The summed E-state index contributed by atoms with van der Waals surface area (Å²) in [5.41, 5.74) is 7.55. The van der Waals surface area contributed by atoms with Gasteiger partial charge in [-0.2, -0.15) is 0 Å². The van der Waals surface area contributed by atoms with Crippen LogP contribution in [0.15, 0.2) is 54.6 Å². The molecule has 0 radical (unpaired) electrons. The number of rotatable bonds is 5. The highest BCUT2D eigenvalue weighted by atomic mass is 16.5. The summed E-state index contributed by atoms with van der Waals surface area (Å²) in [4.78, 5) is 11.3. The van der Waals surface area contributed by atoms with E-state index >= 15 is 0 Å². The summed E-state index contributed by atoms with van der Waals surface area (Å²) in [6.07, 6.45) is 0. The van der Waals surface area contributed by atoms with Gasteiger partial charge in [0.25, 0.3) is 0 Å². The first-order chi connectivity index (χ1) is 9.70. The predicted octanol–water partition coefficient (Wildman–Crippen LogP) is 2.44. The van der Waals surface area contributed by atoms with Crippen molar-refractivity contribution in [3.8, 4) is 5.75 Å². The lowest BCUT2D eigenvalue weighted by molar-refractivity contribution is -0.142. The van der Waals surface area contributed by atoms with Crippen molar-refractivity contribution >= 4 is 5.97 Å². The van der Waals surface area contributed by atoms with Crippen molar-refractivity contribution in [3.05, 3.63) is 65.7 Å². The van der Waals surface area contributed by atoms with Crippen LogP contribution in [0.3, 0.4) is 0 Å². The SMILES string of the molecule is COC(=O)[C@H](N)c1ccc(OCc2ccccc2)cc1. The topological polar surface area (TPSA) is 61.5 Å². The minimum Gasteiger partial charge on any atom is -0.489 e. The molecule has 2 aromatic rings. The maximum absolute atomic E-state index is 11.3. The number of hydrogen-bond acceptors (Lipinski definition) is 4. The highest BCUT2D eigenvalue weighted by Crippen LogP contribution is 2.18. The van der Waals surface area contributed by atoms with E-state index in [1.165, 1.54) is 7.11 Å². The maximum atomic E-state index is 11.3. The average molecular weight is 271 g/mol. The van der Waals surface area contributed by atoms with Crippen molar-refractivity contribution in [3.63, 3.8) is 0 Å². The van der Waals surface area contributed by atoms with Gasteiger partial charge in [0, 0.05) is 0 Å². The molecule has 0 heterocycles. The van der Waals surface area contributed by atoms with E-state index in [-0.39, 0.29) is 0 Å². The molecule has 2 rings (SSSR count). The van der Waals surface area contributed by atoms with Crippen LogP contribution in [0, 0.1) is 0 Å². The largest absolute Gasteiger partial charge is 0.489 e. The Kier molecular flexibility index (Phi) is 4.74. The molecule has 2 aromatic carbocycles. The van der Waals surface area contributed by atoms with Gasteiger partial charge in [-0.3, -0.25) is 4.79 Å². The van der Waals surface area contributed by atoms with Gasteiger partial charge in [-0.1, -0.05) is 42.5 Å². The lowest BCUT2D eigenvalue weighted by Crippen LogP contribution is -2.22. The normalized spacial score (nSPS) is 11.7. The van der Waals surface area contributed by atoms with Crippen LogP contribution >= 0.6 is 0 Å². The summed E-state index contributed by atoms with van der Waals surface area (Å²) >= 11 is 0. The fourth-order valence-corrected chi connectivity index (χ4v) is 1.78. The number of benzene rings is 2. The van der Waals surface area contributed by atoms with Crippen LogP contribution < -0.4 is 10.5 Å². The van der Waals surface area contributed by atoms with Crippen LogP contribution in [0.4, 0.5) is 0 Å². The molecule has 0 aliphatic heterocycles. The van der Waals surface area contributed by atoms with Crippen LogP contribution in [0.1, 0.15) is 17.2 Å². The summed E-state index contributed by atoms with van der Waals surface area (Å²) in [5.74, 6) is 0.276. The van der Waals surface area contributed by atoms with E-state index < -0.39 is 12.0 Å². The Morgan fingerprint density at radius 2 is 1.75 bits per heavy atom. The molecule has 0 aliphatic rings. The summed E-state index contributed by atoms with van der Waals surface area (Å²) in [7, 11) is 1.32. The lowest BCUT2D eigenvalue weighted by atomic mass is 10.1. The van der Waals surface area contributed by atoms with Gasteiger partial charge >= 0.3 is 5.97 Å². The second-order valence-electron chi connectivity index (χ2n) is 4.34. The third-order valence-electron chi connectivity index (χ3n) is 2.94. The molecule has 0 aromatic heterocycles. The van der Waals surface area contributed by atoms with Gasteiger partial charge in [-0.25, -0.2) is 0 Å². The Labute approximate surface area is 118 Å². The Hall–Kier alpha value is -2.33. The van der Waals surface area contributed by atoms with Gasteiger partial charge in [0.2, 0.25) is 0 Å². The minimum absolute atomic E-state index is 0.456. The van der Waals surface area contributed by atoms with Crippen LogP contribution in [-0.4, -0.2) is 13.1 Å². The molecule has 104 valence electrons. The first-order valence-electron chi connectivity index (χ1n) is 6.31. The van der Waals surface area contributed by atoms with Crippen LogP contribution in [0.2, 0.25) is 0 Å². The van der Waals surface area contributed by atoms with Crippen molar-refractivity contribution in [1.29, 1.82) is 0 Å². The highest BCUT2D eigenvalue weighted by Gasteiger charge is 2.15. The fraction of sp³-hybridized carbons (Fsp3) is 0.188. The monoisotopic (exact) mass is 271 g/mol. The fourth-order valence-electron chi connectivity index (χ4n) is 1.78. The molecular weight excluding hydrogens is 254 g/mol. The van der Waals surface area contributed by atoms with Gasteiger partial charge in [0.15, 0.2) is 0 Å². The second-order valence-corrected chi connectivity index (χ2v) is 4.34. The van der Waals surface area contributed by atoms with Crippen molar-refractivity contribution in [2.24, 2.45) is 5.73 Å².